The van der Waals surface area contributed by atoms with Gasteiger partial charge in [0.05, 0.1) is 31.2 Å². The highest BCUT2D eigenvalue weighted by atomic mass is 19.1. The fraction of sp³-hybridized carbons (Fsp3) is 0.261. The molecule has 0 saturated heterocycles. The largest absolute Gasteiger partial charge is 0.496 e. The summed E-state index contributed by atoms with van der Waals surface area (Å²) in [6.07, 6.45) is 0. The number of benzene rings is 2. The van der Waals surface area contributed by atoms with Gasteiger partial charge in [0.2, 0.25) is 0 Å². The van der Waals surface area contributed by atoms with Gasteiger partial charge in [-0.15, -0.1) is 0 Å². The van der Waals surface area contributed by atoms with Gasteiger partial charge in [0.1, 0.15) is 23.4 Å². The average Bonchev–Trinajstić information content (AvgIpc) is 3.21. The zero-order chi connectivity index (χ0) is 23.4. The Bertz CT molecular complexity index is 1100. The van der Waals surface area contributed by atoms with Crippen LogP contribution in [0.5, 0.6) is 11.5 Å². The second kappa shape index (κ2) is 9.51. The Morgan fingerprint density at radius 1 is 1.06 bits per heavy atom. The Balaban J connectivity index is 2.17. The van der Waals surface area contributed by atoms with Gasteiger partial charge in [0.25, 0.3) is 5.91 Å². The first-order valence-electron chi connectivity index (χ1n) is 9.87. The number of carboxylic acids is 1. The summed E-state index contributed by atoms with van der Waals surface area (Å²) in [6.45, 7) is 3.39. The molecule has 0 fully saturated rings. The number of carbonyl (C=O) groups excluding carboxylic acids is 1. The molecule has 3 aromatic rings. The molecule has 9 heteroatoms. The van der Waals surface area contributed by atoms with Crippen LogP contribution in [0.25, 0.3) is 16.9 Å². The molecule has 0 saturated carbocycles. The predicted octanol–water partition coefficient (Wildman–Crippen LogP) is 3.53. The summed E-state index contributed by atoms with van der Waals surface area (Å²) in [5, 5.41) is 16.3. The van der Waals surface area contributed by atoms with Crippen molar-refractivity contribution < 1.29 is 28.6 Å². The van der Waals surface area contributed by atoms with Crippen LogP contribution in [0.1, 0.15) is 24.3 Å². The highest BCUT2D eigenvalue weighted by Crippen LogP contribution is 2.39. The molecular weight excluding hydrogens is 417 g/mol. The van der Waals surface area contributed by atoms with E-state index in [4.69, 9.17) is 9.47 Å². The molecule has 2 aromatic carbocycles. The van der Waals surface area contributed by atoms with Crippen molar-refractivity contribution in [2.24, 2.45) is 5.92 Å². The van der Waals surface area contributed by atoms with E-state index >= 15 is 0 Å². The SMILES string of the molecule is COc1cccc(OC)c1-c1cc(C(=O)N[C@H](C(=O)O)C(C)C)nn1-c1ccc(F)cc1. The molecule has 0 spiro atoms. The van der Waals surface area contributed by atoms with Crippen molar-refractivity contribution in [2.75, 3.05) is 14.2 Å². The van der Waals surface area contributed by atoms with Crippen LogP contribution < -0.4 is 14.8 Å². The normalized spacial score (nSPS) is 11.8. The molecule has 0 radical (unpaired) electrons. The quantitative estimate of drug-likeness (QED) is 0.554. The number of amides is 1. The number of methoxy groups -OCH3 is 2. The Morgan fingerprint density at radius 3 is 2.16 bits per heavy atom. The number of carbonyl (C=O) groups is 2. The lowest BCUT2D eigenvalue weighted by molar-refractivity contribution is -0.140. The number of carboxylic acid groups (broad SMARTS) is 1. The van der Waals surface area contributed by atoms with Gasteiger partial charge in [-0.3, -0.25) is 4.79 Å². The third kappa shape index (κ3) is 4.56. The smallest absolute Gasteiger partial charge is 0.326 e. The molecule has 1 atom stereocenters. The number of hydrogen-bond acceptors (Lipinski definition) is 5. The summed E-state index contributed by atoms with van der Waals surface area (Å²) in [4.78, 5) is 24.4. The van der Waals surface area contributed by atoms with Crippen LogP contribution in [0.2, 0.25) is 0 Å². The maximum Gasteiger partial charge on any atom is 0.326 e. The number of aliphatic carboxylic acids is 1. The van der Waals surface area contributed by atoms with E-state index in [9.17, 15) is 19.1 Å². The molecule has 1 aromatic heterocycles. The predicted molar refractivity (Wildman–Crippen MR) is 116 cm³/mol. The van der Waals surface area contributed by atoms with Crippen molar-refractivity contribution in [3.63, 3.8) is 0 Å². The molecule has 1 heterocycles. The monoisotopic (exact) mass is 441 g/mol. The van der Waals surface area contributed by atoms with Crippen molar-refractivity contribution in [3.05, 3.63) is 60.0 Å². The van der Waals surface area contributed by atoms with Gasteiger partial charge in [0, 0.05) is 0 Å². The van der Waals surface area contributed by atoms with Crippen LogP contribution in [0.4, 0.5) is 4.39 Å². The summed E-state index contributed by atoms with van der Waals surface area (Å²) in [7, 11) is 3.01. The van der Waals surface area contributed by atoms with Gasteiger partial charge in [0.15, 0.2) is 5.69 Å². The Kier molecular flexibility index (Phi) is 6.77. The molecule has 0 aliphatic heterocycles. The lowest BCUT2D eigenvalue weighted by Gasteiger charge is -2.16. The van der Waals surface area contributed by atoms with Crippen LogP contribution >= 0.6 is 0 Å². The lowest BCUT2D eigenvalue weighted by Crippen LogP contribution is -2.44. The summed E-state index contributed by atoms with van der Waals surface area (Å²) in [6, 6.07) is 11.2. The first-order valence-corrected chi connectivity index (χ1v) is 9.87. The molecular formula is C23H24FN3O5. The molecule has 0 unspecified atom stereocenters. The maximum absolute atomic E-state index is 13.5. The summed E-state index contributed by atoms with van der Waals surface area (Å²) >= 11 is 0. The summed E-state index contributed by atoms with van der Waals surface area (Å²) < 4.78 is 25.9. The zero-order valence-electron chi connectivity index (χ0n) is 18.1. The van der Waals surface area contributed by atoms with Gasteiger partial charge in [-0.05, 0) is 48.4 Å². The zero-order valence-corrected chi connectivity index (χ0v) is 18.1. The van der Waals surface area contributed by atoms with E-state index < -0.39 is 23.7 Å². The third-order valence-corrected chi connectivity index (χ3v) is 4.92. The number of halogens is 1. The minimum Gasteiger partial charge on any atom is -0.496 e. The molecule has 3 rings (SSSR count). The van der Waals surface area contributed by atoms with E-state index in [0.717, 1.165) is 0 Å². The van der Waals surface area contributed by atoms with Gasteiger partial charge in [-0.1, -0.05) is 19.9 Å². The standard InChI is InChI=1S/C23H24FN3O5/c1-13(2)21(23(29)30)25-22(28)16-12-17(20-18(31-3)6-5-7-19(20)32-4)27(26-16)15-10-8-14(24)9-11-15/h5-13,21H,1-4H3,(H,25,28)(H,29,30)/t21-/m0/s1. The molecule has 0 bridgehead atoms. The van der Waals surface area contributed by atoms with E-state index in [1.807, 2.05) is 0 Å². The van der Waals surface area contributed by atoms with E-state index in [1.54, 1.807) is 32.0 Å². The summed E-state index contributed by atoms with van der Waals surface area (Å²) in [5.41, 5.74) is 1.47. The second-order valence-electron chi connectivity index (χ2n) is 7.37. The molecule has 1 amide bonds. The fourth-order valence-corrected chi connectivity index (χ4v) is 3.28. The number of rotatable bonds is 8. The van der Waals surface area contributed by atoms with Gasteiger partial charge >= 0.3 is 5.97 Å². The maximum atomic E-state index is 13.5. The van der Waals surface area contributed by atoms with Gasteiger partial charge < -0.3 is 19.9 Å². The molecule has 8 nitrogen and oxygen atoms in total. The average molecular weight is 441 g/mol. The van der Waals surface area contributed by atoms with Crippen LogP contribution in [0.15, 0.2) is 48.5 Å². The minimum absolute atomic E-state index is 0.0100. The van der Waals surface area contributed by atoms with E-state index in [1.165, 1.54) is 49.2 Å². The van der Waals surface area contributed by atoms with Crippen LogP contribution in [-0.2, 0) is 4.79 Å². The van der Waals surface area contributed by atoms with Crippen molar-refractivity contribution in [3.8, 4) is 28.4 Å². The van der Waals surface area contributed by atoms with E-state index in [2.05, 4.69) is 10.4 Å². The summed E-state index contributed by atoms with van der Waals surface area (Å²) in [5.74, 6) is -1.59. The molecule has 0 aliphatic carbocycles. The van der Waals surface area contributed by atoms with Crippen molar-refractivity contribution in [2.45, 2.75) is 19.9 Å². The number of nitrogens with one attached hydrogen (secondary N) is 1. The van der Waals surface area contributed by atoms with E-state index in [0.29, 0.717) is 28.4 Å². The van der Waals surface area contributed by atoms with E-state index in [-0.39, 0.29) is 11.6 Å². The molecule has 0 aliphatic rings. The molecule has 168 valence electrons. The highest BCUT2D eigenvalue weighted by Gasteiger charge is 2.27. The van der Waals surface area contributed by atoms with Crippen molar-refractivity contribution in [1.82, 2.24) is 15.1 Å². The number of aromatic nitrogens is 2. The lowest BCUT2D eigenvalue weighted by atomic mass is 10.0. The van der Waals surface area contributed by atoms with Gasteiger partial charge in [-0.2, -0.15) is 5.10 Å². The molecule has 2 N–H and O–H groups in total. The number of nitrogens with zero attached hydrogens (tertiary/aromatic N) is 2. The third-order valence-electron chi connectivity index (χ3n) is 4.92. The second-order valence-corrected chi connectivity index (χ2v) is 7.37. The topological polar surface area (TPSA) is 103 Å². The van der Waals surface area contributed by atoms with Crippen molar-refractivity contribution in [1.29, 1.82) is 0 Å². The van der Waals surface area contributed by atoms with Gasteiger partial charge in [-0.25, -0.2) is 13.9 Å². The van der Waals surface area contributed by atoms with Crippen LogP contribution in [-0.4, -0.2) is 47.0 Å². The Morgan fingerprint density at radius 2 is 1.66 bits per heavy atom. The highest BCUT2D eigenvalue weighted by molar-refractivity contribution is 5.96. The fourth-order valence-electron chi connectivity index (χ4n) is 3.28. The Hall–Kier alpha value is -3.88. The minimum atomic E-state index is -1.14. The first-order chi connectivity index (χ1) is 15.3. The molecule has 32 heavy (non-hydrogen) atoms. The van der Waals surface area contributed by atoms with Crippen molar-refractivity contribution >= 4 is 11.9 Å². The first kappa shape index (κ1) is 22.8. The number of hydrogen-bond donors (Lipinski definition) is 2. The van der Waals surface area contributed by atoms with Crippen LogP contribution in [0, 0.1) is 11.7 Å². The Labute approximate surface area is 184 Å². The van der Waals surface area contributed by atoms with Crippen LogP contribution in [0.3, 0.4) is 0 Å². The number of ether oxygens (including phenoxy) is 2.